The quantitative estimate of drug-likeness (QED) is 0.844. The maximum atomic E-state index is 12.6. The van der Waals surface area contributed by atoms with Crippen molar-refractivity contribution in [2.75, 3.05) is 33.3 Å². The van der Waals surface area contributed by atoms with Gasteiger partial charge in [-0.15, -0.1) is 0 Å². The van der Waals surface area contributed by atoms with Crippen molar-refractivity contribution in [1.82, 2.24) is 9.80 Å². The Hall–Kier alpha value is -2.24. The number of rotatable bonds is 3. The predicted octanol–water partition coefficient (Wildman–Crippen LogP) is 2.96. The van der Waals surface area contributed by atoms with Crippen LogP contribution >= 0.6 is 0 Å². The zero-order valence-electron chi connectivity index (χ0n) is 15.2. The predicted molar refractivity (Wildman–Crippen MR) is 94.4 cm³/mol. The molecule has 1 saturated heterocycles. The van der Waals surface area contributed by atoms with Gasteiger partial charge < -0.3 is 19.3 Å². The van der Waals surface area contributed by atoms with Crippen LogP contribution in [-0.4, -0.2) is 60.5 Å². The van der Waals surface area contributed by atoms with Crippen LogP contribution in [0.15, 0.2) is 18.2 Å². The number of carbonyl (C=O) groups excluding carboxylic acids is 2. The summed E-state index contributed by atoms with van der Waals surface area (Å²) in [6, 6.07) is 5.40. The minimum atomic E-state index is -0.503. The lowest BCUT2D eigenvalue weighted by Gasteiger charge is -2.44. The maximum Gasteiger partial charge on any atom is 0.319 e. The number of hydrogen-bond acceptors (Lipinski definition) is 4. The summed E-state index contributed by atoms with van der Waals surface area (Å²) < 4.78 is 11.5. The molecule has 1 aromatic carbocycles. The molecular weight excluding hydrogens is 320 g/mol. The van der Waals surface area contributed by atoms with Crippen molar-refractivity contribution in [2.24, 2.45) is 0 Å². The van der Waals surface area contributed by atoms with Crippen LogP contribution < -0.4 is 9.47 Å². The molecule has 0 radical (unpaired) electrons. The van der Waals surface area contributed by atoms with Crippen LogP contribution in [-0.2, 0) is 0 Å². The van der Waals surface area contributed by atoms with Crippen LogP contribution in [0, 0.1) is 0 Å². The van der Waals surface area contributed by atoms with E-state index in [0.29, 0.717) is 62.5 Å². The van der Waals surface area contributed by atoms with Crippen molar-refractivity contribution < 1.29 is 19.1 Å². The summed E-state index contributed by atoms with van der Waals surface area (Å²) in [5.74, 6) is 1.38. The van der Waals surface area contributed by atoms with Crippen LogP contribution in [0.1, 0.15) is 43.5 Å². The van der Waals surface area contributed by atoms with E-state index in [1.807, 2.05) is 23.6 Å². The Kier molecular flexibility index (Phi) is 4.88. The first-order valence-electron chi connectivity index (χ1n) is 8.96. The van der Waals surface area contributed by atoms with Gasteiger partial charge in [0, 0.05) is 45.1 Å². The Labute approximate surface area is 148 Å². The fourth-order valence-electron chi connectivity index (χ4n) is 3.68. The first kappa shape index (κ1) is 17.6. The minimum absolute atomic E-state index is 0.0732. The van der Waals surface area contributed by atoms with Gasteiger partial charge in [-0.25, -0.2) is 4.79 Å². The highest BCUT2D eigenvalue weighted by molar-refractivity contribution is 6.00. The number of fused-ring (bicyclic) bond motifs is 1. The molecule has 1 aromatic rings. The molecule has 2 heterocycles. The first-order chi connectivity index (χ1) is 12.0. The van der Waals surface area contributed by atoms with Crippen LogP contribution in [0.5, 0.6) is 11.5 Å². The maximum absolute atomic E-state index is 12.6. The summed E-state index contributed by atoms with van der Waals surface area (Å²) in [5, 5.41) is 0. The highest BCUT2D eigenvalue weighted by Gasteiger charge is 2.44. The lowest BCUT2D eigenvalue weighted by molar-refractivity contribution is -0.00362. The highest BCUT2D eigenvalue weighted by Crippen LogP contribution is 2.40. The Balaban J connectivity index is 1.73. The Morgan fingerprint density at radius 2 is 1.96 bits per heavy atom. The zero-order chi connectivity index (χ0) is 18.0. The van der Waals surface area contributed by atoms with E-state index in [1.165, 1.54) is 0 Å². The second-order valence-corrected chi connectivity index (χ2v) is 6.69. The van der Waals surface area contributed by atoms with E-state index in [-0.39, 0.29) is 11.8 Å². The number of carbonyl (C=O) groups is 2. The molecule has 1 spiro atoms. The standard InChI is InChI=1S/C19H26N2O4/c1-4-20(5-2)18(23)21-10-8-19(9-11-21)13-16(22)15-7-6-14(24-3)12-17(15)25-19/h6-7,12H,4-5,8-11,13H2,1-3H3. The third-order valence-corrected chi connectivity index (χ3v) is 5.28. The van der Waals surface area contributed by atoms with Gasteiger partial charge in [0.1, 0.15) is 17.1 Å². The third-order valence-electron chi connectivity index (χ3n) is 5.28. The molecule has 2 aliphatic rings. The van der Waals surface area contributed by atoms with Gasteiger partial charge in [0.15, 0.2) is 5.78 Å². The third kappa shape index (κ3) is 3.30. The van der Waals surface area contributed by atoms with Gasteiger partial charge in [0.05, 0.1) is 19.1 Å². The molecule has 25 heavy (non-hydrogen) atoms. The monoisotopic (exact) mass is 346 g/mol. The van der Waals surface area contributed by atoms with E-state index in [1.54, 1.807) is 25.3 Å². The Bertz CT molecular complexity index is 661. The van der Waals surface area contributed by atoms with Gasteiger partial charge in [0.2, 0.25) is 0 Å². The lowest BCUT2D eigenvalue weighted by Crippen LogP contribution is -2.54. The van der Waals surface area contributed by atoms with Crippen molar-refractivity contribution in [3.63, 3.8) is 0 Å². The number of Topliss-reactive ketones (excluding diaryl/α,β-unsaturated/α-hetero) is 1. The van der Waals surface area contributed by atoms with E-state index in [2.05, 4.69) is 0 Å². The minimum Gasteiger partial charge on any atom is -0.497 e. The molecule has 6 nitrogen and oxygen atoms in total. The number of likely N-dealkylation sites (tertiary alicyclic amines) is 1. The highest BCUT2D eigenvalue weighted by atomic mass is 16.5. The molecule has 1 fully saturated rings. The molecule has 2 amide bonds. The molecular formula is C19H26N2O4. The number of piperidine rings is 1. The lowest BCUT2D eigenvalue weighted by atomic mass is 9.82. The fraction of sp³-hybridized carbons (Fsp3) is 0.579. The average molecular weight is 346 g/mol. The largest absolute Gasteiger partial charge is 0.497 e. The van der Waals surface area contributed by atoms with Gasteiger partial charge in [-0.3, -0.25) is 4.79 Å². The van der Waals surface area contributed by atoms with E-state index in [4.69, 9.17) is 9.47 Å². The second kappa shape index (κ2) is 6.94. The van der Waals surface area contributed by atoms with Crippen LogP contribution in [0.2, 0.25) is 0 Å². The number of nitrogens with zero attached hydrogens (tertiary/aromatic N) is 2. The van der Waals surface area contributed by atoms with Crippen LogP contribution in [0.25, 0.3) is 0 Å². The van der Waals surface area contributed by atoms with Gasteiger partial charge in [-0.1, -0.05) is 0 Å². The Morgan fingerprint density at radius 3 is 2.56 bits per heavy atom. The van der Waals surface area contributed by atoms with Crippen LogP contribution in [0.3, 0.4) is 0 Å². The summed E-state index contributed by atoms with van der Waals surface area (Å²) in [4.78, 5) is 28.8. The number of urea groups is 1. The molecule has 3 rings (SSSR count). The normalized spacial score (nSPS) is 18.5. The van der Waals surface area contributed by atoms with Crippen LogP contribution in [0.4, 0.5) is 4.79 Å². The molecule has 2 aliphatic heterocycles. The van der Waals surface area contributed by atoms with Crippen molar-refractivity contribution in [3.8, 4) is 11.5 Å². The van der Waals surface area contributed by atoms with Crippen molar-refractivity contribution in [1.29, 1.82) is 0 Å². The van der Waals surface area contributed by atoms with E-state index in [0.717, 1.165) is 0 Å². The van der Waals surface area contributed by atoms with E-state index < -0.39 is 5.60 Å². The summed E-state index contributed by atoms with van der Waals surface area (Å²) in [7, 11) is 1.60. The topological polar surface area (TPSA) is 59.1 Å². The molecule has 6 heteroatoms. The van der Waals surface area contributed by atoms with Crippen molar-refractivity contribution >= 4 is 11.8 Å². The molecule has 0 N–H and O–H groups in total. The smallest absolute Gasteiger partial charge is 0.319 e. The van der Waals surface area contributed by atoms with Gasteiger partial charge in [-0.2, -0.15) is 0 Å². The van der Waals surface area contributed by atoms with E-state index >= 15 is 0 Å². The van der Waals surface area contributed by atoms with E-state index in [9.17, 15) is 9.59 Å². The number of ether oxygens (including phenoxy) is 2. The average Bonchev–Trinajstić information content (AvgIpc) is 2.62. The van der Waals surface area contributed by atoms with Gasteiger partial charge in [-0.05, 0) is 26.0 Å². The second-order valence-electron chi connectivity index (χ2n) is 6.69. The number of ketones is 1. The zero-order valence-corrected chi connectivity index (χ0v) is 15.2. The molecule has 0 saturated carbocycles. The number of benzene rings is 1. The number of amides is 2. The van der Waals surface area contributed by atoms with Crippen molar-refractivity contribution in [2.45, 2.75) is 38.7 Å². The SMILES string of the molecule is CCN(CC)C(=O)N1CCC2(CC1)CC(=O)c1ccc(OC)cc1O2. The fourth-order valence-corrected chi connectivity index (χ4v) is 3.68. The molecule has 0 aromatic heterocycles. The Morgan fingerprint density at radius 1 is 1.28 bits per heavy atom. The van der Waals surface area contributed by atoms with Crippen molar-refractivity contribution in [3.05, 3.63) is 23.8 Å². The summed E-state index contributed by atoms with van der Waals surface area (Å²) in [5.41, 5.74) is 0.115. The first-order valence-corrected chi connectivity index (χ1v) is 8.96. The number of hydrogen-bond donors (Lipinski definition) is 0. The summed E-state index contributed by atoms with van der Waals surface area (Å²) in [6.45, 7) is 6.61. The molecule has 0 bridgehead atoms. The van der Waals surface area contributed by atoms with Gasteiger partial charge in [0.25, 0.3) is 0 Å². The molecule has 0 atom stereocenters. The molecule has 0 unspecified atom stereocenters. The molecule has 136 valence electrons. The van der Waals surface area contributed by atoms with Gasteiger partial charge >= 0.3 is 6.03 Å². The summed E-state index contributed by atoms with van der Waals surface area (Å²) in [6.07, 6.45) is 1.71. The molecule has 0 aliphatic carbocycles. The number of methoxy groups -OCH3 is 1. The summed E-state index contributed by atoms with van der Waals surface area (Å²) >= 11 is 0.